The van der Waals surface area contributed by atoms with Gasteiger partial charge in [0, 0.05) is 0 Å². The number of hydrogen-bond donors (Lipinski definition) is 0. The monoisotopic (exact) mass is 638 g/mol. The topological polar surface area (TPSA) is 0 Å². The molecule has 0 amide bonds. The second kappa shape index (κ2) is 13.8. The number of fused-ring (bicyclic) bond motifs is 1. The summed E-state index contributed by atoms with van der Waals surface area (Å²) in [6.45, 7) is 25.3. The molecule has 208 valence electrons. The third-order valence-corrected chi connectivity index (χ3v) is 16.0. The van der Waals surface area contributed by atoms with Crippen molar-refractivity contribution in [1.29, 1.82) is 0 Å². The zero-order valence-electron chi connectivity index (χ0n) is 25.7. The molecule has 0 radical (unpaired) electrons. The van der Waals surface area contributed by atoms with E-state index >= 15 is 0 Å². The van der Waals surface area contributed by atoms with E-state index in [1.807, 2.05) is 0 Å². The van der Waals surface area contributed by atoms with E-state index in [9.17, 15) is 0 Å². The van der Waals surface area contributed by atoms with E-state index in [1.165, 1.54) is 17.5 Å². The van der Waals surface area contributed by atoms with Gasteiger partial charge in [0.2, 0.25) is 0 Å². The summed E-state index contributed by atoms with van der Waals surface area (Å²) in [6, 6.07) is 9.52. The number of hydrogen-bond acceptors (Lipinski definition) is 0. The summed E-state index contributed by atoms with van der Waals surface area (Å²) < 4.78 is 0. The van der Waals surface area contributed by atoms with Gasteiger partial charge in [-0.3, -0.25) is 0 Å². The predicted octanol–water partition coefficient (Wildman–Crippen LogP) is 11.5. The Morgan fingerprint density at radius 1 is 0.811 bits per heavy atom. The molecule has 3 aliphatic carbocycles. The molecule has 0 spiro atoms. The molecular weight excluding hydrogens is 587 g/mol. The van der Waals surface area contributed by atoms with Crippen molar-refractivity contribution in [2.75, 3.05) is 0 Å². The van der Waals surface area contributed by atoms with Crippen LogP contribution in [0.2, 0.25) is 24.2 Å². The summed E-state index contributed by atoms with van der Waals surface area (Å²) >= 11 is -0.826. The van der Waals surface area contributed by atoms with Crippen molar-refractivity contribution >= 4 is 30.7 Å². The van der Waals surface area contributed by atoms with Crippen LogP contribution in [0.1, 0.15) is 72.9 Å². The van der Waals surface area contributed by atoms with Gasteiger partial charge in [-0.1, -0.05) is 111 Å². The molecule has 0 heterocycles. The first-order valence-electron chi connectivity index (χ1n) is 13.7. The molecule has 0 aliphatic heterocycles. The van der Waals surface area contributed by atoms with E-state index < -0.39 is 28.9 Å². The molecule has 0 N–H and O–H groups in total. The van der Waals surface area contributed by atoms with E-state index in [0.717, 1.165) is 46.6 Å². The summed E-state index contributed by atoms with van der Waals surface area (Å²) in [4.78, 5) is 0. The second-order valence-electron chi connectivity index (χ2n) is 13.6. The van der Waals surface area contributed by atoms with Crippen LogP contribution in [0.3, 0.4) is 0 Å². The summed E-state index contributed by atoms with van der Waals surface area (Å²) in [7, 11) is 8.41. The Hall–Kier alpha value is 0.380. The molecule has 2 fully saturated rings. The van der Waals surface area contributed by atoms with Gasteiger partial charge in [-0.05, 0) is 81.0 Å². The van der Waals surface area contributed by atoms with Crippen LogP contribution >= 0.6 is 17.0 Å². The van der Waals surface area contributed by atoms with Crippen LogP contribution in [0.4, 0.5) is 0 Å². The third-order valence-electron chi connectivity index (χ3n) is 10.6. The molecule has 2 saturated carbocycles. The Morgan fingerprint density at radius 3 is 1.76 bits per heavy atom. The number of benzene rings is 1. The van der Waals surface area contributed by atoms with Crippen molar-refractivity contribution in [2.24, 2.45) is 41.4 Å². The molecule has 4 heteroatoms. The molecule has 3 aliphatic rings. The van der Waals surface area contributed by atoms with Crippen LogP contribution in [0.5, 0.6) is 0 Å². The predicted molar refractivity (Wildman–Crippen MR) is 169 cm³/mol. The zero-order valence-corrected chi connectivity index (χ0v) is 30.7. The Bertz CT molecular complexity index is 899. The number of allylic oxidation sites excluding steroid dienone is 4. The summed E-state index contributed by atoms with van der Waals surface area (Å²) in [5.41, 5.74) is 6.55. The van der Waals surface area contributed by atoms with Gasteiger partial charge in [0.25, 0.3) is 0 Å². The normalized spacial score (nSPS) is 34.7. The first-order valence-corrected chi connectivity index (χ1v) is 23.2. The van der Waals surface area contributed by atoms with Gasteiger partial charge in [0.15, 0.2) is 0 Å². The molecule has 0 saturated heterocycles. The quantitative estimate of drug-likeness (QED) is 0.228. The SMILES string of the molecule is CC1CC2C(c3ccc(C(C)(C)C)cc3)=CC=CC2C1[Si](C)(C)C1C(C)C(C)C(C)C1C.[CH3-].[CH3-].[Cl][Zr+2][Cl]. The summed E-state index contributed by atoms with van der Waals surface area (Å²) in [5.74, 6) is 5.76. The van der Waals surface area contributed by atoms with Crippen molar-refractivity contribution in [3.05, 3.63) is 68.5 Å². The van der Waals surface area contributed by atoms with Crippen LogP contribution < -0.4 is 0 Å². The second-order valence-corrected chi connectivity index (χ2v) is 22.3. The fourth-order valence-electron chi connectivity index (χ4n) is 8.70. The Morgan fingerprint density at radius 2 is 1.30 bits per heavy atom. The molecule has 0 nitrogen and oxygen atoms in total. The molecule has 4 rings (SSSR count). The van der Waals surface area contributed by atoms with Crippen LogP contribution in [-0.2, 0) is 26.3 Å². The molecule has 0 bridgehead atoms. The van der Waals surface area contributed by atoms with E-state index in [2.05, 4.69) is 111 Å². The van der Waals surface area contributed by atoms with Gasteiger partial charge < -0.3 is 14.9 Å². The average molecular weight is 641 g/mol. The standard InChI is InChI=1S/C31H48Si.2CH3.2ClH.Zr/c1-19-18-28-26(24-14-16-25(17-15-24)31(6,7)8)12-11-13-27(28)29(19)32(9,10)30-22(4)20(2)21(3)23(30)5;;;;;/h11-17,19-23,27-30H,18H2,1-10H3;2*1H3;2*1H;/q;2*-1;;;+4/p-2. The van der Waals surface area contributed by atoms with E-state index in [-0.39, 0.29) is 20.3 Å². The van der Waals surface area contributed by atoms with Crippen LogP contribution in [0, 0.1) is 56.3 Å². The van der Waals surface area contributed by atoms with E-state index in [1.54, 1.807) is 5.57 Å². The fourth-order valence-corrected chi connectivity index (χ4v) is 15.4. The fraction of sp³-hybridized carbons (Fsp3) is 0.636. The van der Waals surface area contributed by atoms with Crippen molar-refractivity contribution in [1.82, 2.24) is 0 Å². The summed E-state index contributed by atoms with van der Waals surface area (Å²) in [5, 5.41) is 0. The van der Waals surface area contributed by atoms with Gasteiger partial charge >= 0.3 is 37.9 Å². The van der Waals surface area contributed by atoms with Gasteiger partial charge in [-0.2, -0.15) is 0 Å². The van der Waals surface area contributed by atoms with Crippen molar-refractivity contribution < 1.29 is 20.8 Å². The first kappa shape index (κ1) is 35.4. The van der Waals surface area contributed by atoms with Crippen molar-refractivity contribution in [2.45, 2.75) is 91.4 Å². The maximum absolute atomic E-state index is 4.93. The Kier molecular flexibility index (Phi) is 13.2. The number of halogens is 2. The van der Waals surface area contributed by atoms with Gasteiger partial charge in [-0.15, -0.1) is 0 Å². The van der Waals surface area contributed by atoms with Crippen molar-refractivity contribution in [3.8, 4) is 0 Å². The minimum atomic E-state index is -1.46. The number of rotatable bonds is 3. The molecule has 0 aromatic heterocycles. The molecule has 37 heavy (non-hydrogen) atoms. The molecule has 1 aromatic rings. The minimum absolute atomic E-state index is 0. The maximum atomic E-state index is 4.93. The average Bonchev–Trinajstić information content (AvgIpc) is 3.23. The van der Waals surface area contributed by atoms with Crippen molar-refractivity contribution in [3.63, 3.8) is 0 Å². The Balaban J connectivity index is 0.00000131. The molecule has 1 aromatic carbocycles. The van der Waals surface area contributed by atoms with Crippen LogP contribution in [0.25, 0.3) is 5.57 Å². The summed E-state index contributed by atoms with van der Waals surface area (Å²) in [6.07, 6.45) is 8.81. The molecule has 8 atom stereocenters. The molecular formula is C33H54Cl2SiZr. The van der Waals surface area contributed by atoms with Gasteiger partial charge in [-0.25, -0.2) is 0 Å². The van der Waals surface area contributed by atoms with E-state index in [0.29, 0.717) is 5.92 Å². The van der Waals surface area contributed by atoms with Gasteiger partial charge in [0.1, 0.15) is 0 Å². The molecule has 8 unspecified atom stereocenters. The first-order chi connectivity index (χ1) is 16.3. The van der Waals surface area contributed by atoms with E-state index in [4.69, 9.17) is 17.0 Å². The van der Waals surface area contributed by atoms with Crippen LogP contribution in [0.15, 0.2) is 42.5 Å². The van der Waals surface area contributed by atoms with Crippen LogP contribution in [-0.4, -0.2) is 8.07 Å². The van der Waals surface area contributed by atoms with Gasteiger partial charge in [0.05, 0.1) is 8.07 Å². The third kappa shape index (κ3) is 7.00. The Labute approximate surface area is 251 Å². The zero-order chi connectivity index (χ0) is 26.3.